The molecule has 0 saturated carbocycles. The van der Waals surface area contributed by atoms with Gasteiger partial charge in [-0.3, -0.25) is 4.70 Å². The minimum absolute atomic E-state index is 0. The summed E-state index contributed by atoms with van der Waals surface area (Å²) in [5.74, 6) is 3.87. The number of hydrogen-bond donors (Lipinski definition) is 1. The van der Waals surface area contributed by atoms with E-state index in [2.05, 4.69) is 24.1 Å². The molecule has 0 atom stereocenters. The molecule has 0 unspecified atom stereocenters. The molecule has 5 aromatic rings. The number of aromatic nitrogens is 4. The maximum Gasteiger partial charge on any atom is 0.229 e. The number of halogens is 2. The van der Waals surface area contributed by atoms with Crippen LogP contribution < -0.4 is 24.7 Å². The molecule has 0 saturated heterocycles. The van der Waals surface area contributed by atoms with E-state index in [1.165, 1.54) is 23.3 Å². The fourth-order valence-corrected chi connectivity index (χ4v) is 6.01. The van der Waals surface area contributed by atoms with E-state index in [4.69, 9.17) is 24.7 Å². The Balaban J connectivity index is 0.000000191. The van der Waals surface area contributed by atoms with Gasteiger partial charge < -0.3 is 33.8 Å². The maximum atomic E-state index is 13.0. The first-order chi connectivity index (χ1) is 22.4. The summed E-state index contributed by atoms with van der Waals surface area (Å²) in [5.41, 5.74) is 13.5. The monoisotopic (exact) mass is 644 g/mol. The van der Waals surface area contributed by atoms with Gasteiger partial charge in [-0.25, -0.2) is 19.4 Å². The van der Waals surface area contributed by atoms with Crippen molar-refractivity contribution in [2.45, 2.75) is 38.8 Å². The highest BCUT2D eigenvalue weighted by Gasteiger charge is 2.22. The molecule has 0 aliphatic carbocycles. The van der Waals surface area contributed by atoms with Gasteiger partial charge in [0.1, 0.15) is 5.82 Å². The van der Waals surface area contributed by atoms with Gasteiger partial charge in [-0.2, -0.15) is 0 Å². The van der Waals surface area contributed by atoms with Crippen LogP contribution in [0.4, 0.5) is 21.0 Å². The summed E-state index contributed by atoms with van der Waals surface area (Å²) in [7, 11) is 6.58. The van der Waals surface area contributed by atoms with Crippen LogP contribution in [0.1, 0.15) is 29.5 Å². The number of nitrogen functional groups attached to an aromatic ring is 1. The van der Waals surface area contributed by atoms with E-state index in [0.29, 0.717) is 17.6 Å². The fraction of sp³-hybridized carbons (Fsp3) is 0.286. The van der Waals surface area contributed by atoms with Gasteiger partial charge in [-0.05, 0) is 78.8 Å². The quantitative estimate of drug-likeness (QED) is 0.206. The lowest BCUT2D eigenvalue weighted by Crippen LogP contribution is -2.03. The lowest BCUT2D eigenvalue weighted by atomic mass is 10.0. The second kappa shape index (κ2) is 14.4. The zero-order valence-electron chi connectivity index (χ0n) is 26.8. The Morgan fingerprint density at radius 3 is 1.77 bits per heavy atom. The molecule has 2 aliphatic rings. The molecule has 12 heteroatoms. The third-order valence-electron chi connectivity index (χ3n) is 8.35. The van der Waals surface area contributed by atoms with Gasteiger partial charge in [-0.1, -0.05) is 12.1 Å². The van der Waals surface area contributed by atoms with Crippen molar-refractivity contribution in [1.82, 2.24) is 19.1 Å². The summed E-state index contributed by atoms with van der Waals surface area (Å²) < 4.78 is 38.9. The van der Waals surface area contributed by atoms with Crippen LogP contribution in [0.2, 0.25) is 0 Å². The standard InChI is InChI=1S/C21H20FN3O2.C14H17N3O2.FH/c1-26-19-10-15-4-3-9-25-18(17(15)11-20(19)27-2)13-24-21(25)23-12-14-5-7-16(22)8-6-14;1-18-12-6-9-4-3-5-17-11(8-16-14(17)15)10(9)7-13(12)19-2;/h5-8,10-13H,3-4,9H2,1-2H3;6-8H,3-5H2,1-2H3,(H2,15,16);1H. The molecule has 10 nitrogen and oxygen atoms in total. The predicted octanol–water partition coefficient (Wildman–Crippen LogP) is 6.65. The highest BCUT2D eigenvalue weighted by molar-refractivity contribution is 5.81. The van der Waals surface area contributed by atoms with Gasteiger partial charge in [0.05, 0.1) is 52.2 Å². The zero-order valence-corrected chi connectivity index (χ0v) is 26.8. The molecule has 0 fully saturated rings. The molecule has 2 aliphatic heterocycles. The van der Waals surface area contributed by atoms with Gasteiger partial charge in [0.15, 0.2) is 23.0 Å². The summed E-state index contributed by atoms with van der Waals surface area (Å²) in [5, 5.41) is 0. The van der Waals surface area contributed by atoms with E-state index in [9.17, 15) is 4.39 Å². The number of imidazole rings is 2. The SMILES string of the molecule is COc1cc2c(cc1OC)-c1cnc(N)n1CCC2.COc1cc2c(cc1OC)-c1cnc(N=Cc3ccc(F)cc3)n1CCC2.F. The number of nitrogens with two attached hydrogens (primary N) is 1. The molecule has 0 spiro atoms. The number of aliphatic imine (C=N–C) groups is 1. The molecule has 47 heavy (non-hydrogen) atoms. The lowest BCUT2D eigenvalue weighted by molar-refractivity contribution is 0.354. The molecular weight excluding hydrogens is 606 g/mol. The minimum atomic E-state index is -0.261. The topological polar surface area (TPSA) is 111 Å². The number of ether oxygens (including phenoxy) is 4. The highest BCUT2D eigenvalue weighted by Crippen LogP contribution is 2.40. The van der Waals surface area contributed by atoms with Crippen molar-refractivity contribution in [1.29, 1.82) is 0 Å². The van der Waals surface area contributed by atoms with Crippen LogP contribution in [0.15, 0.2) is 65.9 Å². The summed E-state index contributed by atoms with van der Waals surface area (Å²) in [6.07, 6.45) is 9.32. The van der Waals surface area contributed by atoms with Gasteiger partial charge in [-0.15, -0.1) is 0 Å². The van der Waals surface area contributed by atoms with Crippen LogP contribution in [0.3, 0.4) is 0 Å². The number of anilines is 1. The van der Waals surface area contributed by atoms with Gasteiger partial charge in [0.2, 0.25) is 11.9 Å². The molecule has 0 bridgehead atoms. The van der Waals surface area contributed by atoms with E-state index in [1.54, 1.807) is 46.8 Å². The Morgan fingerprint density at radius 2 is 1.21 bits per heavy atom. The number of hydrogen-bond acceptors (Lipinski definition) is 8. The van der Waals surface area contributed by atoms with Crippen LogP contribution in [-0.4, -0.2) is 53.8 Å². The van der Waals surface area contributed by atoms with E-state index in [1.807, 2.05) is 36.7 Å². The van der Waals surface area contributed by atoms with Crippen LogP contribution in [0.5, 0.6) is 23.0 Å². The van der Waals surface area contributed by atoms with Crippen molar-refractivity contribution in [3.8, 4) is 45.5 Å². The summed E-state index contributed by atoms with van der Waals surface area (Å²) in [6, 6.07) is 14.3. The summed E-state index contributed by atoms with van der Waals surface area (Å²) >= 11 is 0. The summed E-state index contributed by atoms with van der Waals surface area (Å²) in [6.45, 7) is 1.71. The van der Waals surface area contributed by atoms with Gasteiger partial charge in [0.25, 0.3) is 0 Å². The Bertz CT molecular complexity index is 1880. The van der Waals surface area contributed by atoms with E-state index >= 15 is 0 Å². The Hall–Kier alpha value is -5.39. The predicted molar refractivity (Wildman–Crippen MR) is 179 cm³/mol. The van der Waals surface area contributed by atoms with Crippen molar-refractivity contribution in [3.63, 3.8) is 0 Å². The van der Waals surface area contributed by atoms with Crippen molar-refractivity contribution < 1.29 is 28.0 Å². The molecule has 4 heterocycles. The van der Waals surface area contributed by atoms with Gasteiger partial charge >= 0.3 is 0 Å². The van der Waals surface area contributed by atoms with Crippen LogP contribution in [-0.2, 0) is 25.9 Å². The highest BCUT2D eigenvalue weighted by atomic mass is 19.1. The maximum absolute atomic E-state index is 13.0. The second-order valence-corrected chi connectivity index (χ2v) is 11.0. The summed E-state index contributed by atoms with van der Waals surface area (Å²) in [4.78, 5) is 13.2. The average molecular weight is 645 g/mol. The Morgan fingerprint density at radius 1 is 0.723 bits per heavy atom. The third kappa shape index (κ3) is 6.62. The zero-order chi connectivity index (χ0) is 32.2. The molecule has 2 aromatic heterocycles. The smallest absolute Gasteiger partial charge is 0.229 e. The first-order valence-electron chi connectivity index (χ1n) is 15.1. The van der Waals surface area contributed by atoms with Crippen molar-refractivity contribution in [2.75, 3.05) is 34.2 Å². The molecule has 3 aromatic carbocycles. The third-order valence-corrected chi connectivity index (χ3v) is 8.35. The molecule has 7 rings (SSSR count). The van der Waals surface area contributed by atoms with Crippen LogP contribution in [0.25, 0.3) is 22.5 Å². The number of fused-ring (bicyclic) bond motifs is 6. The molecule has 0 radical (unpaired) electrons. The Labute approximate surface area is 272 Å². The molecule has 246 valence electrons. The normalized spacial score (nSPS) is 13.0. The van der Waals surface area contributed by atoms with E-state index in [-0.39, 0.29) is 10.5 Å². The van der Waals surface area contributed by atoms with Crippen molar-refractivity contribution in [3.05, 3.63) is 83.4 Å². The first-order valence-corrected chi connectivity index (χ1v) is 15.1. The lowest BCUT2D eigenvalue weighted by Gasteiger charge is -2.13. The number of benzene rings is 3. The number of nitrogens with zero attached hydrogens (tertiary/aromatic N) is 5. The fourth-order valence-electron chi connectivity index (χ4n) is 6.01. The van der Waals surface area contributed by atoms with Crippen molar-refractivity contribution >= 4 is 18.1 Å². The largest absolute Gasteiger partial charge is 0.493 e. The van der Waals surface area contributed by atoms with Gasteiger partial charge in [0, 0.05) is 30.4 Å². The molecule has 0 amide bonds. The Kier molecular flexibility index (Phi) is 10.1. The van der Waals surface area contributed by atoms with E-state index in [0.717, 1.165) is 84.1 Å². The number of aryl methyl sites for hydroxylation is 2. The number of rotatable bonds is 6. The van der Waals surface area contributed by atoms with Crippen molar-refractivity contribution in [2.24, 2.45) is 4.99 Å². The van der Waals surface area contributed by atoms with Crippen LogP contribution >= 0.6 is 0 Å². The second-order valence-electron chi connectivity index (χ2n) is 11.0. The molecule has 2 N–H and O–H groups in total. The van der Waals surface area contributed by atoms with E-state index < -0.39 is 0 Å². The number of methoxy groups -OCH3 is 4. The average Bonchev–Trinajstić information content (AvgIpc) is 3.53. The molecular formula is C35H38F2N6O4. The first kappa shape index (κ1) is 33.0. The minimum Gasteiger partial charge on any atom is -0.493 e. The van der Waals surface area contributed by atoms with Crippen LogP contribution in [0, 0.1) is 5.82 Å².